The van der Waals surface area contributed by atoms with E-state index in [4.69, 9.17) is 15.2 Å². The summed E-state index contributed by atoms with van der Waals surface area (Å²) >= 11 is 5.14. The van der Waals surface area contributed by atoms with Crippen molar-refractivity contribution in [2.75, 3.05) is 13.2 Å². The molecule has 0 radical (unpaired) electrons. The van der Waals surface area contributed by atoms with E-state index >= 15 is 0 Å². The van der Waals surface area contributed by atoms with Crippen molar-refractivity contribution in [2.45, 2.75) is 45.4 Å². The quantitative estimate of drug-likeness (QED) is 0.787. The summed E-state index contributed by atoms with van der Waals surface area (Å²) in [7, 11) is 0. The van der Waals surface area contributed by atoms with Crippen LogP contribution in [-0.2, 0) is 9.47 Å². The second kappa shape index (κ2) is 8.27. The van der Waals surface area contributed by atoms with E-state index in [9.17, 15) is 0 Å². The van der Waals surface area contributed by atoms with E-state index in [0.717, 1.165) is 10.9 Å². The van der Waals surface area contributed by atoms with E-state index in [1.165, 1.54) is 4.88 Å². The molecule has 1 heterocycles. The monoisotopic (exact) mass is 335 g/mol. The molecule has 0 saturated heterocycles. The van der Waals surface area contributed by atoms with E-state index in [-0.39, 0.29) is 18.2 Å². The van der Waals surface area contributed by atoms with Crippen LogP contribution in [0.4, 0.5) is 0 Å². The highest BCUT2D eigenvalue weighted by Crippen LogP contribution is 2.31. The summed E-state index contributed by atoms with van der Waals surface area (Å²) in [5, 5.41) is 2.06. The van der Waals surface area contributed by atoms with Gasteiger partial charge in [0, 0.05) is 27.4 Å². The zero-order valence-corrected chi connectivity index (χ0v) is 13.6. The molecule has 0 saturated carbocycles. The van der Waals surface area contributed by atoms with Crippen LogP contribution < -0.4 is 5.73 Å². The predicted molar refractivity (Wildman–Crippen MR) is 80.1 cm³/mol. The van der Waals surface area contributed by atoms with Crippen molar-refractivity contribution >= 4 is 27.3 Å². The van der Waals surface area contributed by atoms with Gasteiger partial charge >= 0.3 is 0 Å². The molecule has 0 aromatic carbocycles. The third-order valence-corrected chi connectivity index (χ3v) is 4.42. The van der Waals surface area contributed by atoms with Gasteiger partial charge in [-0.3, -0.25) is 0 Å². The molecule has 3 nitrogen and oxygen atoms in total. The number of rotatable bonds is 8. The average Bonchev–Trinajstić information content (AvgIpc) is 2.78. The van der Waals surface area contributed by atoms with Gasteiger partial charge in [0.2, 0.25) is 0 Å². The Balaban J connectivity index is 2.67. The molecule has 0 spiro atoms. The SMILES string of the molecule is CCOCC(C)OC(c1cc(Br)cs1)C(N)CC. The van der Waals surface area contributed by atoms with Gasteiger partial charge in [-0.2, -0.15) is 0 Å². The largest absolute Gasteiger partial charge is 0.379 e. The Hall–Kier alpha value is 0.0600. The fraction of sp³-hybridized carbons (Fsp3) is 0.692. The molecule has 5 heteroatoms. The third kappa shape index (κ3) is 4.97. The van der Waals surface area contributed by atoms with Gasteiger partial charge in [-0.1, -0.05) is 6.92 Å². The topological polar surface area (TPSA) is 44.5 Å². The maximum Gasteiger partial charge on any atom is 0.107 e. The highest BCUT2D eigenvalue weighted by atomic mass is 79.9. The number of hydrogen-bond acceptors (Lipinski definition) is 4. The van der Waals surface area contributed by atoms with Crippen molar-refractivity contribution in [2.24, 2.45) is 5.73 Å². The van der Waals surface area contributed by atoms with Crippen LogP contribution in [0.25, 0.3) is 0 Å². The first-order valence-corrected chi connectivity index (χ1v) is 7.98. The summed E-state index contributed by atoms with van der Waals surface area (Å²) in [5.74, 6) is 0. The zero-order chi connectivity index (χ0) is 13.5. The maximum absolute atomic E-state index is 6.16. The fourth-order valence-electron chi connectivity index (χ4n) is 1.64. The number of nitrogens with two attached hydrogens (primary N) is 1. The summed E-state index contributed by atoms with van der Waals surface area (Å²) in [5.41, 5.74) is 6.16. The molecule has 104 valence electrons. The minimum Gasteiger partial charge on any atom is -0.379 e. The Morgan fingerprint density at radius 1 is 1.44 bits per heavy atom. The maximum atomic E-state index is 6.16. The highest BCUT2D eigenvalue weighted by molar-refractivity contribution is 9.10. The predicted octanol–water partition coefficient (Wildman–Crippen LogP) is 3.73. The molecule has 0 bridgehead atoms. The van der Waals surface area contributed by atoms with Crippen molar-refractivity contribution in [3.05, 3.63) is 20.8 Å². The zero-order valence-electron chi connectivity index (χ0n) is 11.2. The lowest BCUT2D eigenvalue weighted by atomic mass is 10.1. The van der Waals surface area contributed by atoms with Crippen LogP contribution in [0.15, 0.2) is 15.9 Å². The van der Waals surface area contributed by atoms with Gasteiger partial charge in [-0.25, -0.2) is 0 Å². The molecule has 1 aromatic rings. The van der Waals surface area contributed by atoms with Gasteiger partial charge in [-0.15, -0.1) is 11.3 Å². The summed E-state index contributed by atoms with van der Waals surface area (Å²) < 4.78 is 12.5. The molecule has 0 fully saturated rings. The van der Waals surface area contributed by atoms with Gasteiger partial charge in [0.25, 0.3) is 0 Å². The molecular weight excluding hydrogens is 314 g/mol. The number of ether oxygens (including phenoxy) is 2. The first-order chi connectivity index (χ1) is 8.58. The van der Waals surface area contributed by atoms with Crippen LogP contribution in [0.2, 0.25) is 0 Å². The minimum atomic E-state index is -0.0539. The van der Waals surface area contributed by atoms with Crippen molar-refractivity contribution in [3.63, 3.8) is 0 Å². The normalized spacial score (nSPS) is 16.5. The number of hydrogen-bond donors (Lipinski definition) is 1. The highest BCUT2D eigenvalue weighted by Gasteiger charge is 2.23. The second-order valence-corrected chi connectivity index (χ2v) is 6.12. The first-order valence-electron chi connectivity index (χ1n) is 6.31. The van der Waals surface area contributed by atoms with Gasteiger partial charge in [0.15, 0.2) is 0 Å². The first kappa shape index (κ1) is 16.1. The standard InChI is InChI=1S/C13H22BrNO2S/c1-4-11(15)13(12-6-10(14)8-18-12)17-9(3)7-16-5-2/h6,8-9,11,13H,4-5,7,15H2,1-3H3. The molecule has 3 unspecified atom stereocenters. The van der Waals surface area contributed by atoms with Crippen molar-refractivity contribution in [1.82, 2.24) is 0 Å². The second-order valence-electron chi connectivity index (χ2n) is 4.27. The van der Waals surface area contributed by atoms with E-state index in [0.29, 0.717) is 13.2 Å². The Morgan fingerprint density at radius 3 is 2.67 bits per heavy atom. The fourth-order valence-corrected chi connectivity index (χ4v) is 3.20. The smallest absolute Gasteiger partial charge is 0.107 e. The molecule has 18 heavy (non-hydrogen) atoms. The lowest BCUT2D eigenvalue weighted by Gasteiger charge is -2.26. The van der Waals surface area contributed by atoms with E-state index in [1.807, 2.05) is 13.8 Å². The molecule has 0 aliphatic carbocycles. The Bertz CT molecular complexity index is 345. The summed E-state index contributed by atoms with van der Waals surface area (Å²) in [4.78, 5) is 1.17. The lowest BCUT2D eigenvalue weighted by Crippen LogP contribution is -2.32. The van der Waals surface area contributed by atoms with Gasteiger partial charge in [-0.05, 0) is 42.3 Å². The van der Waals surface area contributed by atoms with Crippen molar-refractivity contribution in [1.29, 1.82) is 0 Å². The van der Waals surface area contributed by atoms with Gasteiger partial charge in [0.05, 0.1) is 12.7 Å². The molecule has 0 aliphatic rings. The van der Waals surface area contributed by atoms with Crippen molar-refractivity contribution < 1.29 is 9.47 Å². The molecule has 3 atom stereocenters. The molecule has 2 N–H and O–H groups in total. The Kier molecular flexibility index (Phi) is 7.41. The lowest BCUT2D eigenvalue weighted by molar-refractivity contribution is -0.0560. The third-order valence-electron chi connectivity index (χ3n) is 2.66. The molecule has 1 aromatic heterocycles. The number of halogens is 1. The van der Waals surface area contributed by atoms with Crippen LogP contribution in [0.1, 0.15) is 38.2 Å². The van der Waals surface area contributed by atoms with Gasteiger partial charge in [0.1, 0.15) is 6.10 Å². The van der Waals surface area contributed by atoms with Gasteiger partial charge < -0.3 is 15.2 Å². The molecule has 0 amide bonds. The number of thiophene rings is 1. The van der Waals surface area contributed by atoms with Crippen LogP contribution in [0, 0.1) is 0 Å². The van der Waals surface area contributed by atoms with Crippen molar-refractivity contribution in [3.8, 4) is 0 Å². The van der Waals surface area contributed by atoms with E-state index < -0.39 is 0 Å². The molecule has 0 aliphatic heterocycles. The Morgan fingerprint density at radius 2 is 2.17 bits per heavy atom. The Labute approximate surface area is 122 Å². The van der Waals surface area contributed by atoms with E-state index in [2.05, 4.69) is 34.3 Å². The molecular formula is C13H22BrNO2S. The van der Waals surface area contributed by atoms with Crippen LogP contribution in [-0.4, -0.2) is 25.4 Å². The summed E-state index contributed by atoms with van der Waals surface area (Å²) in [6, 6.07) is 2.10. The van der Waals surface area contributed by atoms with E-state index in [1.54, 1.807) is 11.3 Å². The van der Waals surface area contributed by atoms with Crippen LogP contribution in [0.3, 0.4) is 0 Å². The average molecular weight is 336 g/mol. The summed E-state index contributed by atoms with van der Waals surface area (Å²) in [6.45, 7) is 7.40. The van der Waals surface area contributed by atoms with Crippen LogP contribution >= 0.6 is 27.3 Å². The summed E-state index contributed by atoms with van der Waals surface area (Å²) in [6.07, 6.45) is 0.886. The minimum absolute atomic E-state index is 0.0135. The van der Waals surface area contributed by atoms with Crippen LogP contribution in [0.5, 0.6) is 0 Å². The molecule has 1 rings (SSSR count).